The molecule has 1 aromatic heterocycles. The summed E-state index contributed by atoms with van der Waals surface area (Å²) in [6.07, 6.45) is 5.40. The predicted molar refractivity (Wildman–Crippen MR) is 106 cm³/mol. The molecule has 1 saturated heterocycles. The van der Waals surface area contributed by atoms with Crippen LogP contribution in [0.2, 0.25) is 0 Å². The number of aromatic nitrogens is 1. The maximum absolute atomic E-state index is 6.43. The number of nitrogens with two attached hydrogens (primary N) is 1. The third kappa shape index (κ3) is 3.78. The molecule has 0 amide bonds. The summed E-state index contributed by atoms with van der Waals surface area (Å²) in [6, 6.07) is 6.76. The van der Waals surface area contributed by atoms with Gasteiger partial charge in [-0.05, 0) is 31.5 Å². The standard InChI is InChI=1S/C20H28N4OS/c1-23-9-5-15(6-10-23)25-19-4-2-3-16-17(19)14-24(18(16)13-21)11-7-20-22-8-12-26-20/h2-4,8,12,15,18H,5-7,9-11,13-14,21H2,1H3. The molecule has 6 heteroatoms. The lowest BCUT2D eigenvalue weighted by Crippen LogP contribution is -2.35. The monoisotopic (exact) mass is 372 g/mol. The number of hydrogen-bond acceptors (Lipinski definition) is 6. The average Bonchev–Trinajstić information content (AvgIpc) is 3.29. The zero-order valence-electron chi connectivity index (χ0n) is 15.4. The third-order valence-corrected chi connectivity index (χ3v) is 6.45. The van der Waals surface area contributed by atoms with Gasteiger partial charge in [-0.15, -0.1) is 11.3 Å². The first kappa shape index (κ1) is 17.9. The number of thiazole rings is 1. The molecule has 1 aromatic carbocycles. The van der Waals surface area contributed by atoms with Crippen LogP contribution in [-0.4, -0.2) is 54.1 Å². The number of ether oxygens (including phenoxy) is 1. The first-order valence-electron chi connectivity index (χ1n) is 9.54. The highest BCUT2D eigenvalue weighted by Gasteiger charge is 2.32. The van der Waals surface area contributed by atoms with Crippen molar-refractivity contribution < 1.29 is 4.74 Å². The molecule has 2 aliphatic heterocycles. The summed E-state index contributed by atoms with van der Waals surface area (Å²) in [5.74, 6) is 1.06. The van der Waals surface area contributed by atoms with Crippen LogP contribution in [-0.2, 0) is 13.0 Å². The summed E-state index contributed by atoms with van der Waals surface area (Å²) < 4.78 is 6.43. The van der Waals surface area contributed by atoms with E-state index in [1.54, 1.807) is 11.3 Å². The van der Waals surface area contributed by atoms with E-state index >= 15 is 0 Å². The highest BCUT2D eigenvalue weighted by Crippen LogP contribution is 2.39. The number of hydrogen-bond donors (Lipinski definition) is 1. The van der Waals surface area contributed by atoms with Crippen LogP contribution in [0.25, 0.3) is 0 Å². The number of fused-ring (bicyclic) bond motifs is 1. The molecular formula is C20H28N4OS. The van der Waals surface area contributed by atoms with E-state index in [0.29, 0.717) is 12.6 Å². The van der Waals surface area contributed by atoms with Crippen molar-refractivity contribution in [1.29, 1.82) is 0 Å². The van der Waals surface area contributed by atoms with Crippen molar-refractivity contribution in [3.05, 3.63) is 45.9 Å². The molecule has 4 rings (SSSR count). The highest BCUT2D eigenvalue weighted by molar-refractivity contribution is 7.09. The van der Waals surface area contributed by atoms with Crippen LogP contribution in [0.15, 0.2) is 29.8 Å². The van der Waals surface area contributed by atoms with Gasteiger partial charge in [-0.3, -0.25) is 4.90 Å². The molecule has 2 aromatic rings. The summed E-state index contributed by atoms with van der Waals surface area (Å²) in [5.41, 5.74) is 8.82. The van der Waals surface area contributed by atoms with E-state index in [1.165, 1.54) is 16.1 Å². The van der Waals surface area contributed by atoms with Crippen molar-refractivity contribution in [2.24, 2.45) is 5.73 Å². The van der Waals surface area contributed by atoms with Crippen LogP contribution in [0.4, 0.5) is 0 Å². The molecule has 2 aliphatic rings. The Morgan fingerprint density at radius 1 is 1.31 bits per heavy atom. The minimum absolute atomic E-state index is 0.283. The summed E-state index contributed by atoms with van der Waals surface area (Å²) in [7, 11) is 2.18. The second kappa shape index (κ2) is 8.05. The Balaban J connectivity index is 1.47. The van der Waals surface area contributed by atoms with Gasteiger partial charge < -0.3 is 15.4 Å². The fourth-order valence-corrected chi connectivity index (χ4v) is 4.70. The molecule has 1 unspecified atom stereocenters. The van der Waals surface area contributed by atoms with E-state index in [4.69, 9.17) is 10.5 Å². The Labute approximate surface area is 159 Å². The van der Waals surface area contributed by atoms with Crippen LogP contribution < -0.4 is 10.5 Å². The average molecular weight is 373 g/mol. The third-order valence-electron chi connectivity index (χ3n) is 5.61. The van der Waals surface area contributed by atoms with Crippen molar-refractivity contribution in [3.63, 3.8) is 0 Å². The fourth-order valence-electron chi connectivity index (χ4n) is 4.09. The van der Waals surface area contributed by atoms with Gasteiger partial charge in [0.1, 0.15) is 11.9 Å². The van der Waals surface area contributed by atoms with Gasteiger partial charge in [-0.25, -0.2) is 4.98 Å². The van der Waals surface area contributed by atoms with Gasteiger partial charge in [0.25, 0.3) is 0 Å². The normalized spacial score (nSPS) is 21.8. The van der Waals surface area contributed by atoms with E-state index in [-0.39, 0.29) is 6.04 Å². The lowest BCUT2D eigenvalue weighted by Gasteiger charge is -2.30. The highest BCUT2D eigenvalue weighted by atomic mass is 32.1. The van der Waals surface area contributed by atoms with Crippen molar-refractivity contribution in [1.82, 2.24) is 14.8 Å². The van der Waals surface area contributed by atoms with Crippen LogP contribution in [0.5, 0.6) is 5.75 Å². The van der Waals surface area contributed by atoms with Gasteiger partial charge in [-0.1, -0.05) is 12.1 Å². The lowest BCUT2D eigenvalue weighted by atomic mass is 10.0. The maximum Gasteiger partial charge on any atom is 0.124 e. The Kier molecular flexibility index (Phi) is 5.55. The zero-order valence-corrected chi connectivity index (χ0v) is 16.3. The molecule has 140 valence electrons. The molecule has 3 heterocycles. The van der Waals surface area contributed by atoms with Crippen LogP contribution in [0.3, 0.4) is 0 Å². The Morgan fingerprint density at radius 3 is 2.88 bits per heavy atom. The first-order chi connectivity index (χ1) is 12.7. The Morgan fingerprint density at radius 2 is 2.15 bits per heavy atom. The van der Waals surface area contributed by atoms with Crippen molar-refractivity contribution >= 4 is 11.3 Å². The van der Waals surface area contributed by atoms with E-state index in [0.717, 1.165) is 51.2 Å². The fraction of sp³-hybridized carbons (Fsp3) is 0.550. The molecular weight excluding hydrogens is 344 g/mol. The maximum atomic E-state index is 6.43. The second-order valence-corrected chi connectivity index (χ2v) is 8.32. The Hall–Kier alpha value is -1.47. The number of benzene rings is 1. The number of likely N-dealkylation sites (tertiary alicyclic amines) is 1. The smallest absolute Gasteiger partial charge is 0.124 e. The van der Waals surface area contributed by atoms with Crippen molar-refractivity contribution in [3.8, 4) is 5.75 Å². The minimum atomic E-state index is 0.283. The van der Waals surface area contributed by atoms with Gasteiger partial charge in [0, 0.05) is 62.3 Å². The number of nitrogens with zero attached hydrogens (tertiary/aromatic N) is 3. The minimum Gasteiger partial charge on any atom is -0.490 e. The summed E-state index contributed by atoms with van der Waals surface area (Å²) >= 11 is 1.73. The molecule has 1 fully saturated rings. The van der Waals surface area contributed by atoms with E-state index in [9.17, 15) is 0 Å². The molecule has 0 aliphatic carbocycles. The number of rotatable bonds is 6. The summed E-state index contributed by atoms with van der Waals surface area (Å²) in [5, 5.41) is 3.24. The lowest BCUT2D eigenvalue weighted by molar-refractivity contribution is 0.113. The molecule has 1 atom stereocenters. The largest absolute Gasteiger partial charge is 0.490 e. The molecule has 26 heavy (non-hydrogen) atoms. The second-order valence-electron chi connectivity index (χ2n) is 7.34. The van der Waals surface area contributed by atoms with E-state index < -0.39 is 0 Å². The SMILES string of the molecule is CN1CCC(Oc2cccc3c2CN(CCc2nccs2)C3CN)CC1. The molecule has 5 nitrogen and oxygen atoms in total. The van der Waals surface area contributed by atoms with Gasteiger partial charge in [0.05, 0.1) is 5.01 Å². The van der Waals surface area contributed by atoms with Crippen molar-refractivity contribution in [2.75, 3.05) is 33.2 Å². The van der Waals surface area contributed by atoms with Gasteiger partial charge in [0.15, 0.2) is 0 Å². The first-order valence-corrected chi connectivity index (χ1v) is 10.4. The summed E-state index contributed by atoms with van der Waals surface area (Å²) in [4.78, 5) is 9.26. The van der Waals surface area contributed by atoms with Crippen LogP contribution in [0.1, 0.15) is 35.0 Å². The quantitative estimate of drug-likeness (QED) is 0.845. The number of piperidine rings is 1. The van der Waals surface area contributed by atoms with E-state index in [1.807, 2.05) is 11.6 Å². The van der Waals surface area contributed by atoms with Crippen molar-refractivity contribution in [2.45, 2.75) is 38.0 Å². The van der Waals surface area contributed by atoms with Gasteiger partial charge in [0.2, 0.25) is 0 Å². The topological polar surface area (TPSA) is 54.6 Å². The zero-order chi connectivity index (χ0) is 17.9. The summed E-state index contributed by atoms with van der Waals surface area (Å²) in [6.45, 7) is 4.78. The molecule has 0 radical (unpaired) electrons. The van der Waals surface area contributed by atoms with Gasteiger partial charge >= 0.3 is 0 Å². The van der Waals surface area contributed by atoms with Crippen LogP contribution >= 0.6 is 11.3 Å². The Bertz CT molecular complexity index is 713. The molecule has 0 saturated carbocycles. The van der Waals surface area contributed by atoms with Crippen LogP contribution in [0, 0.1) is 0 Å². The molecule has 0 spiro atoms. The van der Waals surface area contributed by atoms with E-state index in [2.05, 4.69) is 40.0 Å². The van der Waals surface area contributed by atoms with Gasteiger partial charge in [-0.2, -0.15) is 0 Å². The molecule has 2 N–H and O–H groups in total. The molecule has 0 bridgehead atoms. The predicted octanol–water partition coefficient (Wildman–Crippen LogP) is 2.67.